The minimum Gasteiger partial charge on any atom is -0.435 e. The first-order chi connectivity index (χ1) is 15.6. The summed E-state index contributed by atoms with van der Waals surface area (Å²) >= 11 is 0. The zero-order valence-electron chi connectivity index (χ0n) is 18.6. The van der Waals surface area contributed by atoms with Gasteiger partial charge in [0.1, 0.15) is 24.0 Å². The number of hydrogen-bond acceptors (Lipinski definition) is 5. The number of amides is 4. The molecule has 33 heavy (non-hydrogen) atoms. The number of benzene rings is 1. The van der Waals surface area contributed by atoms with E-state index in [1.807, 2.05) is 30.3 Å². The largest absolute Gasteiger partial charge is 0.521 e. The summed E-state index contributed by atoms with van der Waals surface area (Å²) in [5.41, 5.74) is 0.888. The molecule has 1 aromatic rings. The SMILES string of the molecule is C[C@@H]1CCC[N+]1(C(=O)O)C(=O)CP(=O)(O)C(CCc1ccccc1)NC(=O)C1CCC(=O)N1. The number of quaternary nitrogens is 1. The molecule has 0 spiro atoms. The predicted molar refractivity (Wildman–Crippen MR) is 119 cm³/mol. The number of nitrogens with zero attached hydrogens (tertiary/aromatic N) is 1. The summed E-state index contributed by atoms with van der Waals surface area (Å²) in [4.78, 5) is 60.2. The van der Waals surface area contributed by atoms with Crippen molar-refractivity contribution in [2.75, 3.05) is 12.7 Å². The van der Waals surface area contributed by atoms with Gasteiger partial charge in [0, 0.05) is 19.3 Å². The van der Waals surface area contributed by atoms with Crippen LogP contribution in [0, 0.1) is 0 Å². The van der Waals surface area contributed by atoms with Crippen molar-refractivity contribution in [1.82, 2.24) is 10.6 Å². The van der Waals surface area contributed by atoms with Crippen LogP contribution < -0.4 is 10.6 Å². The van der Waals surface area contributed by atoms with Crippen molar-refractivity contribution in [3.8, 4) is 0 Å². The number of likely N-dealkylation sites (tertiary alicyclic amines) is 1. The molecule has 4 unspecified atom stereocenters. The Hall–Kier alpha value is -2.55. The van der Waals surface area contributed by atoms with Crippen LogP contribution in [0.15, 0.2) is 30.3 Å². The number of hydrogen-bond donors (Lipinski definition) is 4. The van der Waals surface area contributed by atoms with E-state index in [4.69, 9.17) is 0 Å². The fraction of sp³-hybridized carbons (Fsp3) is 0.545. The van der Waals surface area contributed by atoms with Gasteiger partial charge in [-0.3, -0.25) is 14.2 Å². The van der Waals surface area contributed by atoms with Crippen molar-refractivity contribution in [1.29, 1.82) is 0 Å². The first-order valence-corrected chi connectivity index (χ1v) is 13.1. The van der Waals surface area contributed by atoms with Gasteiger partial charge in [0.25, 0.3) is 0 Å². The molecule has 1 aromatic carbocycles. The Morgan fingerprint density at radius 1 is 1.24 bits per heavy atom. The maximum atomic E-state index is 13.4. The molecule has 0 aliphatic carbocycles. The van der Waals surface area contributed by atoms with E-state index in [2.05, 4.69) is 10.6 Å². The fourth-order valence-corrected chi connectivity index (χ4v) is 6.39. The van der Waals surface area contributed by atoms with Gasteiger partial charge in [0.15, 0.2) is 0 Å². The highest BCUT2D eigenvalue weighted by molar-refractivity contribution is 7.59. The van der Waals surface area contributed by atoms with Gasteiger partial charge in [-0.1, -0.05) is 30.3 Å². The van der Waals surface area contributed by atoms with Crippen LogP contribution in [0.4, 0.5) is 4.79 Å². The van der Waals surface area contributed by atoms with Gasteiger partial charge in [-0.15, -0.1) is 0 Å². The number of carboxylic acid groups (broad SMARTS) is 1. The zero-order chi connectivity index (χ0) is 24.2. The molecular formula is C22H31N3O7P+. The molecule has 180 valence electrons. The molecule has 0 bridgehead atoms. The Labute approximate surface area is 192 Å². The highest BCUT2D eigenvalue weighted by Gasteiger charge is 2.55. The van der Waals surface area contributed by atoms with Crippen LogP contribution in [0.1, 0.15) is 44.6 Å². The second-order valence-electron chi connectivity index (χ2n) is 8.88. The van der Waals surface area contributed by atoms with Crippen LogP contribution in [0.25, 0.3) is 0 Å². The number of rotatable bonds is 8. The third-order valence-electron chi connectivity index (χ3n) is 6.69. The molecule has 11 heteroatoms. The van der Waals surface area contributed by atoms with E-state index in [1.165, 1.54) is 0 Å². The van der Waals surface area contributed by atoms with Crippen LogP contribution in [0.3, 0.4) is 0 Å². The van der Waals surface area contributed by atoms with Crippen molar-refractivity contribution in [2.45, 2.75) is 63.3 Å². The van der Waals surface area contributed by atoms with Gasteiger partial charge in [-0.05, 0) is 31.7 Å². The standard InChI is InChI=1S/C22H30N3O7P/c1-15-6-5-13-25(15,22(29)30)20(27)14-33(31,32)19(12-9-16-7-3-2-4-8-16)24-21(28)17-10-11-18(26)23-17/h2-4,7-8,15,17,19H,5-6,9-14H2,1H3,(H3-,23,24,26,28,29,30,31,32)/p+1/t15-,17?,19?,25?/m1/s1. The van der Waals surface area contributed by atoms with E-state index >= 15 is 0 Å². The van der Waals surface area contributed by atoms with Crippen LogP contribution in [0.2, 0.25) is 0 Å². The lowest BCUT2D eigenvalue weighted by molar-refractivity contribution is -0.791. The minimum absolute atomic E-state index is 0.0739. The molecule has 3 rings (SSSR count). The number of carbonyl (C=O) groups is 4. The molecule has 4 amide bonds. The average Bonchev–Trinajstić information content (AvgIpc) is 3.37. The molecule has 0 aromatic heterocycles. The van der Waals surface area contributed by atoms with E-state index in [0.29, 0.717) is 19.3 Å². The van der Waals surface area contributed by atoms with Gasteiger partial charge in [0.2, 0.25) is 19.2 Å². The van der Waals surface area contributed by atoms with Crippen molar-refractivity contribution in [2.24, 2.45) is 0 Å². The number of carbonyl (C=O) groups excluding carboxylic acids is 3. The summed E-state index contributed by atoms with van der Waals surface area (Å²) in [6.45, 7) is 1.73. The highest BCUT2D eigenvalue weighted by atomic mass is 31.2. The monoisotopic (exact) mass is 480 g/mol. The second kappa shape index (κ2) is 10.2. The Bertz CT molecular complexity index is 970. The van der Waals surface area contributed by atoms with Crippen molar-refractivity contribution in [3.05, 3.63) is 35.9 Å². The maximum absolute atomic E-state index is 13.4. The van der Waals surface area contributed by atoms with Crippen LogP contribution in [-0.2, 0) is 25.4 Å². The van der Waals surface area contributed by atoms with Crippen molar-refractivity contribution in [3.63, 3.8) is 0 Å². The molecule has 2 fully saturated rings. The van der Waals surface area contributed by atoms with Crippen LogP contribution >= 0.6 is 7.37 Å². The van der Waals surface area contributed by atoms with Gasteiger partial charge in [0.05, 0.1) is 6.54 Å². The normalized spacial score (nSPS) is 27.4. The third kappa shape index (κ3) is 5.51. The highest BCUT2D eigenvalue weighted by Crippen LogP contribution is 2.48. The van der Waals surface area contributed by atoms with Gasteiger partial charge in [-0.2, -0.15) is 9.28 Å². The summed E-state index contributed by atoms with van der Waals surface area (Å²) in [5.74, 6) is -2.93. The molecule has 2 aliphatic rings. The van der Waals surface area contributed by atoms with Gasteiger partial charge >= 0.3 is 12.0 Å². The van der Waals surface area contributed by atoms with Gasteiger partial charge < -0.3 is 20.6 Å². The number of aryl methyl sites for hydroxylation is 1. The third-order valence-corrected chi connectivity index (χ3v) is 8.78. The lowest BCUT2D eigenvalue weighted by Crippen LogP contribution is -2.59. The maximum Gasteiger partial charge on any atom is 0.521 e. The lowest BCUT2D eigenvalue weighted by Gasteiger charge is -2.32. The number of imide groups is 1. The smallest absolute Gasteiger partial charge is 0.435 e. The molecule has 0 radical (unpaired) electrons. The summed E-state index contributed by atoms with van der Waals surface area (Å²) in [5, 5.41) is 14.9. The molecular weight excluding hydrogens is 449 g/mol. The quantitative estimate of drug-likeness (QED) is 0.327. The van der Waals surface area contributed by atoms with Crippen LogP contribution in [-0.4, -0.2) is 68.9 Å². The van der Waals surface area contributed by atoms with E-state index < -0.39 is 53.8 Å². The topological polar surface area (TPSA) is 150 Å². The Morgan fingerprint density at radius 2 is 1.94 bits per heavy atom. The predicted octanol–water partition coefficient (Wildman–Crippen LogP) is 1.81. The van der Waals surface area contributed by atoms with Crippen molar-refractivity contribution >= 4 is 31.2 Å². The first-order valence-electron chi connectivity index (χ1n) is 11.2. The molecule has 10 nitrogen and oxygen atoms in total. The Kier molecular flexibility index (Phi) is 7.72. The summed E-state index contributed by atoms with van der Waals surface area (Å²) in [6, 6.07) is 7.89. The molecule has 2 heterocycles. The molecule has 5 atom stereocenters. The van der Waals surface area contributed by atoms with E-state index in [-0.39, 0.29) is 31.7 Å². The molecule has 2 saturated heterocycles. The summed E-state index contributed by atoms with van der Waals surface area (Å²) in [7, 11) is -4.34. The Balaban J connectivity index is 1.79. The van der Waals surface area contributed by atoms with Gasteiger partial charge in [-0.25, -0.2) is 4.79 Å². The summed E-state index contributed by atoms with van der Waals surface area (Å²) < 4.78 is 12.5. The van der Waals surface area contributed by atoms with E-state index in [9.17, 15) is 33.7 Å². The lowest BCUT2D eigenvalue weighted by atomic mass is 10.1. The molecule has 2 aliphatic heterocycles. The Morgan fingerprint density at radius 3 is 2.48 bits per heavy atom. The fourth-order valence-electron chi connectivity index (χ4n) is 4.67. The van der Waals surface area contributed by atoms with E-state index in [0.717, 1.165) is 5.56 Å². The average molecular weight is 480 g/mol. The second-order valence-corrected chi connectivity index (χ2v) is 11.3. The van der Waals surface area contributed by atoms with E-state index in [1.54, 1.807) is 6.92 Å². The van der Waals surface area contributed by atoms with Crippen molar-refractivity contribution < 1.29 is 38.2 Å². The zero-order valence-corrected chi connectivity index (χ0v) is 19.5. The first kappa shape index (κ1) is 25.1. The van der Waals surface area contributed by atoms with Crippen LogP contribution in [0.5, 0.6) is 0 Å². The summed E-state index contributed by atoms with van der Waals surface area (Å²) in [6.07, 6.45) is -0.186. The molecule has 0 saturated carbocycles. The molecule has 4 N–H and O–H groups in total. The number of nitrogens with one attached hydrogen (secondary N) is 2. The minimum atomic E-state index is -4.34.